The average Bonchev–Trinajstić information content (AvgIpc) is 2.28. The lowest BCUT2D eigenvalue weighted by Gasteiger charge is -2.20. The Morgan fingerprint density at radius 3 is 2.75 bits per heavy atom. The summed E-state index contributed by atoms with van der Waals surface area (Å²) in [5, 5.41) is 11.5. The minimum atomic E-state index is -0.0411. The maximum atomic E-state index is 11.2. The number of halogens is 1. The molecule has 2 N–H and O–H groups in total. The van der Waals surface area contributed by atoms with Gasteiger partial charge in [-0.2, -0.15) is 0 Å². The van der Waals surface area contributed by atoms with Crippen LogP contribution < -0.4 is 10.2 Å². The first-order valence-corrected chi connectivity index (χ1v) is 5.68. The number of benzene rings is 1. The molecular formula is C11H15BrN2O2. The summed E-state index contributed by atoms with van der Waals surface area (Å²) in [6.45, 7) is 0.311. The molecule has 0 aliphatic heterocycles. The smallest absolute Gasteiger partial charge is 0.239 e. The van der Waals surface area contributed by atoms with Crippen LogP contribution in [0.1, 0.15) is 5.56 Å². The molecule has 1 aromatic rings. The predicted octanol–water partition coefficient (Wildman–Crippen LogP) is 1.12. The highest BCUT2D eigenvalue weighted by molar-refractivity contribution is 9.10. The monoisotopic (exact) mass is 286 g/mol. The van der Waals surface area contributed by atoms with Gasteiger partial charge in [-0.25, -0.2) is 0 Å². The number of anilines is 1. The van der Waals surface area contributed by atoms with E-state index in [1.54, 1.807) is 7.05 Å². The first kappa shape index (κ1) is 13.0. The summed E-state index contributed by atoms with van der Waals surface area (Å²) in [5.41, 5.74) is 1.75. The highest BCUT2D eigenvalue weighted by atomic mass is 79.9. The Balaban J connectivity index is 2.83. The zero-order valence-electron chi connectivity index (χ0n) is 9.33. The van der Waals surface area contributed by atoms with Crippen LogP contribution in [-0.4, -0.2) is 31.7 Å². The molecule has 0 bridgehead atoms. The summed E-state index contributed by atoms with van der Waals surface area (Å²) in [4.78, 5) is 13.1. The Kier molecular flexibility index (Phi) is 4.76. The minimum Gasteiger partial charge on any atom is -0.392 e. The van der Waals surface area contributed by atoms with Crippen LogP contribution in [-0.2, 0) is 11.4 Å². The van der Waals surface area contributed by atoms with E-state index in [-0.39, 0.29) is 12.5 Å². The fourth-order valence-corrected chi connectivity index (χ4v) is 2.07. The van der Waals surface area contributed by atoms with E-state index in [2.05, 4.69) is 21.2 Å². The van der Waals surface area contributed by atoms with Crippen LogP contribution in [0.5, 0.6) is 0 Å². The highest BCUT2D eigenvalue weighted by Gasteiger charge is 2.09. The molecule has 5 heteroatoms. The predicted molar refractivity (Wildman–Crippen MR) is 67.4 cm³/mol. The van der Waals surface area contributed by atoms with Crippen LogP contribution in [0.2, 0.25) is 0 Å². The van der Waals surface area contributed by atoms with Crippen molar-refractivity contribution in [2.75, 3.05) is 25.5 Å². The molecule has 88 valence electrons. The van der Waals surface area contributed by atoms with Gasteiger partial charge in [0, 0.05) is 18.6 Å². The molecule has 1 aromatic carbocycles. The van der Waals surface area contributed by atoms with E-state index in [9.17, 15) is 4.79 Å². The van der Waals surface area contributed by atoms with E-state index in [0.29, 0.717) is 6.54 Å². The van der Waals surface area contributed by atoms with Gasteiger partial charge in [0.15, 0.2) is 0 Å². The molecule has 16 heavy (non-hydrogen) atoms. The third-order valence-electron chi connectivity index (χ3n) is 2.27. The topological polar surface area (TPSA) is 52.6 Å². The Morgan fingerprint density at radius 2 is 2.25 bits per heavy atom. The molecule has 0 fully saturated rings. The molecule has 0 spiro atoms. The van der Waals surface area contributed by atoms with Crippen molar-refractivity contribution in [3.05, 3.63) is 28.2 Å². The quantitative estimate of drug-likeness (QED) is 0.872. The fraction of sp³-hybridized carbons (Fsp3) is 0.364. The zero-order chi connectivity index (χ0) is 12.1. The van der Waals surface area contributed by atoms with Crippen molar-refractivity contribution in [2.24, 2.45) is 0 Å². The van der Waals surface area contributed by atoms with Gasteiger partial charge in [0.1, 0.15) is 0 Å². The first-order chi connectivity index (χ1) is 7.58. The van der Waals surface area contributed by atoms with Gasteiger partial charge in [-0.15, -0.1) is 0 Å². The number of carbonyl (C=O) groups is 1. The molecule has 0 unspecified atom stereocenters. The van der Waals surface area contributed by atoms with Crippen molar-refractivity contribution < 1.29 is 9.90 Å². The molecule has 0 aliphatic carbocycles. The fourth-order valence-electron chi connectivity index (χ4n) is 1.34. The van der Waals surface area contributed by atoms with Crippen LogP contribution >= 0.6 is 15.9 Å². The van der Waals surface area contributed by atoms with E-state index in [1.807, 2.05) is 30.1 Å². The van der Waals surface area contributed by atoms with Crippen LogP contribution in [0.25, 0.3) is 0 Å². The number of likely N-dealkylation sites (N-methyl/N-ethyl adjacent to an activating group) is 2. The number of nitrogens with one attached hydrogen (secondary N) is 1. The number of aliphatic hydroxyl groups excluding tert-OH is 1. The maximum Gasteiger partial charge on any atom is 0.239 e. The Morgan fingerprint density at radius 1 is 1.56 bits per heavy atom. The number of rotatable bonds is 4. The zero-order valence-corrected chi connectivity index (χ0v) is 10.9. The lowest BCUT2D eigenvalue weighted by atomic mass is 10.2. The van der Waals surface area contributed by atoms with Crippen LogP contribution in [0, 0.1) is 0 Å². The lowest BCUT2D eigenvalue weighted by molar-refractivity contribution is -0.119. The van der Waals surface area contributed by atoms with E-state index < -0.39 is 0 Å². The number of carbonyl (C=O) groups excluding carboxylic acids is 1. The molecule has 0 radical (unpaired) electrons. The second-order valence-electron chi connectivity index (χ2n) is 3.47. The third-order valence-corrected chi connectivity index (χ3v) is 2.90. The molecule has 1 amide bonds. The largest absolute Gasteiger partial charge is 0.392 e. The molecule has 0 atom stereocenters. The van der Waals surface area contributed by atoms with Crippen LogP contribution in [0.3, 0.4) is 0 Å². The maximum absolute atomic E-state index is 11.2. The van der Waals surface area contributed by atoms with Gasteiger partial charge in [-0.3, -0.25) is 4.79 Å². The van der Waals surface area contributed by atoms with Crippen molar-refractivity contribution >= 4 is 27.5 Å². The van der Waals surface area contributed by atoms with Crippen molar-refractivity contribution in [3.8, 4) is 0 Å². The van der Waals surface area contributed by atoms with Crippen LogP contribution in [0.15, 0.2) is 22.7 Å². The number of hydrogen-bond donors (Lipinski definition) is 2. The van der Waals surface area contributed by atoms with Gasteiger partial charge >= 0.3 is 0 Å². The normalized spacial score (nSPS) is 10.0. The van der Waals surface area contributed by atoms with Gasteiger partial charge in [0.2, 0.25) is 5.91 Å². The molecule has 1 rings (SSSR count). The number of nitrogens with zero attached hydrogens (tertiary/aromatic N) is 1. The molecule has 0 saturated heterocycles. The first-order valence-electron chi connectivity index (χ1n) is 4.89. The second-order valence-corrected chi connectivity index (χ2v) is 4.33. The molecule has 4 nitrogen and oxygen atoms in total. The van der Waals surface area contributed by atoms with Gasteiger partial charge in [-0.05, 0) is 33.6 Å². The number of hydrogen-bond acceptors (Lipinski definition) is 3. The molecular weight excluding hydrogens is 272 g/mol. The summed E-state index contributed by atoms with van der Waals surface area (Å²) in [5.74, 6) is -0.0411. The van der Waals surface area contributed by atoms with Gasteiger partial charge in [0.25, 0.3) is 0 Å². The van der Waals surface area contributed by atoms with Crippen molar-refractivity contribution in [1.29, 1.82) is 0 Å². The number of aliphatic hydroxyl groups is 1. The van der Waals surface area contributed by atoms with Crippen LogP contribution in [0.4, 0.5) is 5.69 Å². The van der Waals surface area contributed by atoms with Gasteiger partial charge in [0.05, 0.1) is 18.8 Å². The highest BCUT2D eigenvalue weighted by Crippen LogP contribution is 2.26. The molecule has 0 saturated carbocycles. The van der Waals surface area contributed by atoms with Crippen molar-refractivity contribution in [1.82, 2.24) is 5.32 Å². The average molecular weight is 287 g/mol. The SMILES string of the molecule is CNC(=O)CN(C)c1ccc(CO)cc1Br. The Bertz CT molecular complexity index is 382. The second kappa shape index (κ2) is 5.86. The summed E-state index contributed by atoms with van der Waals surface area (Å²) in [7, 11) is 3.45. The summed E-state index contributed by atoms with van der Waals surface area (Å²) in [6.07, 6.45) is 0. The van der Waals surface area contributed by atoms with E-state index in [1.165, 1.54) is 0 Å². The van der Waals surface area contributed by atoms with Gasteiger partial charge < -0.3 is 15.3 Å². The minimum absolute atomic E-state index is 0.0119. The Hall–Kier alpha value is -1.07. The number of amides is 1. The van der Waals surface area contributed by atoms with Crippen molar-refractivity contribution in [3.63, 3.8) is 0 Å². The van der Waals surface area contributed by atoms with Crippen molar-refractivity contribution in [2.45, 2.75) is 6.61 Å². The molecule has 0 heterocycles. The van der Waals surface area contributed by atoms with E-state index in [4.69, 9.17) is 5.11 Å². The summed E-state index contributed by atoms with van der Waals surface area (Å²) >= 11 is 3.42. The Labute approximate surface area is 103 Å². The lowest BCUT2D eigenvalue weighted by Crippen LogP contribution is -2.33. The van der Waals surface area contributed by atoms with E-state index in [0.717, 1.165) is 15.7 Å². The third kappa shape index (κ3) is 3.21. The standard InChI is InChI=1S/C11H15BrN2O2/c1-13-11(16)6-14(2)10-4-3-8(7-15)5-9(10)12/h3-5,15H,6-7H2,1-2H3,(H,13,16). The summed E-state index contributed by atoms with van der Waals surface area (Å²) in [6, 6.07) is 5.55. The summed E-state index contributed by atoms with van der Waals surface area (Å²) < 4.78 is 0.866. The molecule has 0 aliphatic rings. The molecule has 0 aromatic heterocycles. The van der Waals surface area contributed by atoms with Gasteiger partial charge in [-0.1, -0.05) is 6.07 Å². The van der Waals surface area contributed by atoms with E-state index >= 15 is 0 Å².